The molecule has 8 nitrogen and oxygen atoms in total. The van der Waals surface area contributed by atoms with Crippen LogP contribution in [-0.4, -0.2) is 52.0 Å². The number of nitrogens with zero attached hydrogens (tertiary/aromatic N) is 2. The second kappa shape index (κ2) is 6.21. The lowest BCUT2D eigenvalue weighted by Gasteiger charge is -2.17. The van der Waals surface area contributed by atoms with Gasteiger partial charge in [-0.2, -0.15) is 0 Å². The number of amides is 3. The summed E-state index contributed by atoms with van der Waals surface area (Å²) in [6, 6.07) is 2.48. The molecule has 3 N–H and O–H groups in total. The molecule has 0 bridgehead atoms. The van der Waals surface area contributed by atoms with Crippen molar-refractivity contribution < 1.29 is 19.5 Å². The van der Waals surface area contributed by atoms with E-state index in [0.29, 0.717) is 25.2 Å². The molecule has 0 radical (unpaired) electrons. The third-order valence-corrected chi connectivity index (χ3v) is 3.12. The molecule has 1 fully saturated rings. The first-order chi connectivity index (χ1) is 9.95. The third-order valence-electron chi connectivity index (χ3n) is 3.12. The van der Waals surface area contributed by atoms with Crippen molar-refractivity contribution in [3.63, 3.8) is 0 Å². The van der Waals surface area contributed by atoms with Gasteiger partial charge in [-0.05, 0) is 18.6 Å². The van der Waals surface area contributed by atoms with Gasteiger partial charge in [-0.25, -0.2) is 14.6 Å². The molecule has 0 aliphatic carbocycles. The first-order valence-electron chi connectivity index (χ1n) is 6.48. The fourth-order valence-electron chi connectivity index (χ4n) is 2.15. The van der Waals surface area contributed by atoms with Gasteiger partial charge in [-0.3, -0.25) is 4.79 Å². The standard InChI is InChI=1S/C13H16N4O4/c1-8(18)15-10-4-5-17(7-10)13(21)16-9-2-3-11(12(19)20)14-6-9/h2-3,6,10H,4-5,7H2,1H3,(H,15,18)(H,16,21)(H,19,20). The van der Waals surface area contributed by atoms with Crippen LogP contribution in [0, 0.1) is 0 Å². The van der Waals surface area contributed by atoms with Gasteiger partial charge >= 0.3 is 12.0 Å². The molecule has 8 heteroatoms. The van der Waals surface area contributed by atoms with Gasteiger partial charge in [0.25, 0.3) is 0 Å². The zero-order valence-corrected chi connectivity index (χ0v) is 11.5. The monoisotopic (exact) mass is 292 g/mol. The Balaban J connectivity index is 1.90. The van der Waals surface area contributed by atoms with Gasteiger partial charge in [0.1, 0.15) is 5.69 Å². The minimum atomic E-state index is -1.12. The van der Waals surface area contributed by atoms with Crippen molar-refractivity contribution in [3.8, 4) is 0 Å². The summed E-state index contributed by atoms with van der Waals surface area (Å²) in [4.78, 5) is 39.0. The molecule has 1 saturated heterocycles. The maximum absolute atomic E-state index is 12.0. The lowest BCUT2D eigenvalue weighted by Crippen LogP contribution is -2.38. The third kappa shape index (κ3) is 3.91. The zero-order chi connectivity index (χ0) is 15.4. The first-order valence-corrected chi connectivity index (χ1v) is 6.48. The molecule has 0 saturated carbocycles. The van der Waals surface area contributed by atoms with E-state index < -0.39 is 5.97 Å². The van der Waals surface area contributed by atoms with Crippen molar-refractivity contribution in [2.75, 3.05) is 18.4 Å². The molecule has 0 aromatic carbocycles. The first kappa shape index (κ1) is 14.8. The summed E-state index contributed by atoms with van der Waals surface area (Å²) in [5.41, 5.74) is 0.341. The lowest BCUT2D eigenvalue weighted by molar-refractivity contribution is -0.119. The fraction of sp³-hybridized carbons (Fsp3) is 0.385. The Kier molecular flexibility index (Phi) is 4.36. The summed E-state index contributed by atoms with van der Waals surface area (Å²) in [5, 5.41) is 14.2. The molecule has 1 aromatic heterocycles. The van der Waals surface area contributed by atoms with E-state index in [1.165, 1.54) is 25.3 Å². The number of urea groups is 1. The molecule has 3 amide bonds. The maximum Gasteiger partial charge on any atom is 0.354 e. The second-order valence-electron chi connectivity index (χ2n) is 4.80. The van der Waals surface area contributed by atoms with E-state index in [0.717, 1.165) is 0 Å². The Hall–Kier alpha value is -2.64. The lowest BCUT2D eigenvalue weighted by atomic mass is 10.3. The number of hydrogen-bond acceptors (Lipinski definition) is 4. The van der Waals surface area contributed by atoms with Crippen LogP contribution in [0.2, 0.25) is 0 Å². The number of carbonyl (C=O) groups is 3. The molecule has 1 aromatic rings. The van der Waals surface area contributed by atoms with Crippen LogP contribution in [0.5, 0.6) is 0 Å². The Morgan fingerprint density at radius 2 is 2.14 bits per heavy atom. The van der Waals surface area contributed by atoms with Gasteiger partial charge in [0, 0.05) is 26.1 Å². The van der Waals surface area contributed by atoms with E-state index in [1.807, 2.05) is 0 Å². The van der Waals surface area contributed by atoms with Crippen molar-refractivity contribution in [2.24, 2.45) is 0 Å². The Morgan fingerprint density at radius 3 is 2.71 bits per heavy atom. The van der Waals surface area contributed by atoms with Crippen molar-refractivity contribution >= 4 is 23.6 Å². The predicted octanol–water partition coefficient (Wildman–Crippen LogP) is 0.522. The van der Waals surface area contributed by atoms with Crippen LogP contribution in [-0.2, 0) is 4.79 Å². The Bertz CT molecular complexity index is 558. The molecule has 21 heavy (non-hydrogen) atoms. The van der Waals surface area contributed by atoms with E-state index in [2.05, 4.69) is 15.6 Å². The van der Waals surface area contributed by atoms with Crippen LogP contribution in [0.3, 0.4) is 0 Å². The van der Waals surface area contributed by atoms with Crippen LogP contribution in [0.25, 0.3) is 0 Å². The number of likely N-dealkylation sites (tertiary alicyclic amines) is 1. The van der Waals surface area contributed by atoms with Crippen LogP contribution < -0.4 is 10.6 Å². The molecule has 112 valence electrons. The molecular weight excluding hydrogens is 276 g/mol. The van der Waals surface area contributed by atoms with Gasteiger partial charge < -0.3 is 20.6 Å². The largest absolute Gasteiger partial charge is 0.477 e. The molecule has 1 aliphatic heterocycles. The maximum atomic E-state index is 12.0. The highest BCUT2D eigenvalue weighted by atomic mass is 16.4. The molecular formula is C13H16N4O4. The van der Waals surface area contributed by atoms with Gasteiger partial charge in [-0.1, -0.05) is 0 Å². The summed E-state index contributed by atoms with van der Waals surface area (Å²) in [6.07, 6.45) is 2.01. The molecule has 1 aliphatic rings. The minimum absolute atomic E-state index is 0.0271. The number of rotatable bonds is 3. The summed E-state index contributed by atoms with van der Waals surface area (Å²) < 4.78 is 0. The number of hydrogen-bond donors (Lipinski definition) is 3. The van der Waals surface area contributed by atoms with Crippen LogP contribution >= 0.6 is 0 Å². The molecule has 1 atom stereocenters. The minimum Gasteiger partial charge on any atom is -0.477 e. The van der Waals surface area contributed by atoms with Crippen molar-refractivity contribution in [1.82, 2.24) is 15.2 Å². The van der Waals surface area contributed by atoms with Gasteiger partial charge in [0.15, 0.2) is 0 Å². The number of aromatic carboxylic acids is 1. The van der Waals surface area contributed by atoms with Crippen molar-refractivity contribution in [1.29, 1.82) is 0 Å². The zero-order valence-electron chi connectivity index (χ0n) is 11.5. The number of carboxylic acid groups (broad SMARTS) is 1. The topological polar surface area (TPSA) is 112 Å². The van der Waals surface area contributed by atoms with Gasteiger partial charge in [0.05, 0.1) is 11.9 Å². The summed E-state index contributed by atoms with van der Waals surface area (Å²) in [7, 11) is 0. The normalized spacial score (nSPS) is 17.4. The van der Waals surface area contributed by atoms with Crippen LogP contribution in [0.1, 0.15) is 23.8 Å². The van der Waals surface area contributed by atoms with Gasteiger partial charge in [0.2, 0.25) is 5.91 Å². The second-order valence-corrected chi connectivity index (χ2v) is 4.80. The Morgan fingerprint density at radius 1 is 1.38 bits per heavy atom. The summed E-state index contributed by atoms with van der Waals surface area (Å²) in [5.74, 6) is -1.23. The fourth-order valence-corrected chi connectivity index (χ4v) is 2.15. The number of carbonyl (C=O) groups excluding carboxylic acids is 2. The average molecular weight is 292 g/mol. The van der Waals surface area contributed by atoms with Crippen LogP contribution in [0.4, 0.5) is 10.5 Å². The van der Waals surface area contributed by atoms with E-state index >= 15 is 0 Å². The smallest absolute Gasteiger partial charge is 0.354 e. The SMILES string of the molecule is CC(=O)NC1CCN(C(=O)Nc2ccc(C(=O)O)nc2)C1. The molecule has 2 rings (SSSR count). The van der Waals surface area contributed by atoms with E-state index in [1.54, 1.807) is 4.90 Å². The van der Waals surface area contributed by atoms with Crippen molar-refractivity contribution in [3.05, 3.63) is 24.0 Å². The predicted molar refractivity (Wildman–Crippen MR) is 74.0 cm³/mol. The van der Waals surface area contributed by atoms with Gasteiger partial charge in [-0.15, -0.1) is 0 Å². The molecule has 0 spiro atoms. The average Bonchev–Trinajstić information content (AvgIpc) is 2.87. The quantitative estimate of drug-likeness (QED) is 0.752. The number of anilines is 1. The highest BCUT2D eigenvalue weighted by Gasteiger charge is 2.26. The highest BCUT2D eigenvalue weighted by molar-refractivity contribution is 5.90. The van der Waals surface area contributed by atoms with E-state index in [9.17, 15) is 14.4 Å². The summed E-state index contributed by atoms with van der Waals surface area (Å²) >= 11 is 0. The Labute approximate surface area is 121 Å². The summed E-state index contributed by atoms with van der Waals surface area (Å²) in [6.45, 7) is 2.45. The number of pyridine rings is 1. The molecule has 2 heterocycles. The molecule has 1 unspecified atom stereocenters. The number of carboxylic acids is 1. The van der Waals surface area contributed by atoms with E-state index in [-0.39, 0.29) is 23.7 Å². The highest BCUT2D eigenvalue weighted by Crippen LogP contribution is 2.12. The van der Waals surface area contributed by atoms with E-state index in [4.69, 9.17) is 5.11 Å². The van der Waals surface area contributed by atoms with Crippen molar-refractivity contribution in [2.45, 2.75) is 19.4 Å². The number of aromatic nitrogens is 1. The van der Waals surface area contributed by atoms with Crippen LogP contribution in [0.15, 0.2) is 18.3 Å². The number of nitrogens with one attached hydrogen (secondary N) is 2.